The predicted molar refractivity (Wildman–Crippen MR) is 107 cm³/mol. The Hall–Kier alpha value is -2.17. The zero-order chi connectivity index (χ0) is 19.6. The maximum absolute atomic E-state index is 13.3. The number of piperidine rings is 1. The highest BCUT2D eigenvalue weighted by molar-refractivity contribution is 6.42. The van der Waals surface area contributed by atoms with Gasteiger partial charge in [0.1, 0.15) is 0 Å². The first-order valence-corrected chi connectivity index (χ1v) is 10.8. The maximum Gasteiger partial charge on any atom is 0.294 e. The van der Waals surface area contributed by atoms with Crippen molar-refractivity contribution >= 4 is 17.6 Å². The maximum atomic E-state index is 13.3. The topological polar surface area (TPSA) is 57.7 Å². The third-order valence-corrected chi connectivity index (χ3v) is 6.90. The molecule has 0 aromatic heterocycles. The molecule has 2 amide bonds. The molecular weight excluding hydrogens is 352 g/mol. The van der Waals surface area contributed by atoms with Crippen LogP contribution in [0.4, 0.5) is 0 Å². The molecule has 150 valence electrons. The summed E-state index contributed by atoms with van der Waals surface area (Å²) in [4.78, 5) is 42.3. The van der Waals surface area contributed by atoms with Crippen molar-refractivity contribution < 1.29 is 14.4 Å². The lowest BCUT2D eigenvalue weighted by Crippen LogP contribution is -2.52. The van der Waals surface area contributed by atoms with Gasteiger partial charge in [0, 0.05) is 31.7 Å². The van der Waals surface area contributed by atoms with Gasteiger partial charge in [-0.3, -0.25) is 14.4 Å². The number of ketones is 1. The van der Waals surface area contributed by atoms with Crippen molar-refractivity contribution in [1.29, 1.82) is 0 Å². The van der Waals surface area contributed by atoms with Gasteiger partial charge in [-0.05, 0) is 38.0 Å². The Kier molecular flexibility index (Phi) is 5.51. The molecule has 2 heterocycles. The van der Waals surface area contributed by atoms with Crippen molar-refractivity contribution in [2.75, 3.05) is 26.2 Å². The fourth-order valence-corrected chi connectivity index (χ4v) is 5.29. The van der Waals surface area contributed by atoms with Crippen molar-refractivity contribution in [3.05, 3.63) is 35.9 Å². The molecule has 0 radical (unpaired) electrons. The van der Waals surface area contributed by atoms with E-state index in [1.165, 1.54) is 32.1 Å². The van der Waals surface area contributed by atoms with Gasteiger partial charge in [0.05, 0.1) is 5.41 Å². The molecule has 1 aromatic carbocycles. The van der Waals surface area contributed by atoms with E-state index in [0.29, 0.717) is 31.0 Å². The van der Waals surface area contributed by atoms with Gasteiger partial charge >= 0.3 is 0 Å². The van der Waals surface area contributed by atoms with Crippen LogP contribution in [0.2, 0.25) is 0 Å². The fraction of sp³-hybridized carbons (Fsp3) is 0.609. The lowest BCUT2D eigenvalue weighted by Gasteiger charge is -2.41. The number of likely N-dealkylation sites (tertiary alicyclic amines) is 2. The summed E-state index contributed by atoms with van der Waals surface area (Å²) in [6.45, 7) is 2.61. The molecule has 28 heavy (non-hydrogen) atoms. The molecule has 2 saturated heterocycles. The van der Waals surface area contributed by atoms with Crippen molar-refractivity contribution in [3.8, 4) is 0 Å². The summed E-state index contributed by atoms with van der Waals surface area (Å²) in [5.74, 6) is -0.0984. The molecule has 1 aliphatic carbocycles. The van der Waals surface area contributed by atoms with Gasteiger partial charge in [0.25, 0.3) is 5.91 Å². The molecule has 5 heteroatoms. The Balaban J connectivity index is 1.41. The minimum Gasteiger partial charge on any atom is -0.342 e. The van der Waals surface area contributed by atoms with E-state index in [9.17, 15) is 14.4 Å². The number of nitrogens with zero attached hydrogens (tertiary/aromatic N) is 2. The summed E-state index contributed by atoms with van der Waals surface area (Å²) in [6.07, 6.45) is 8.84. The lowest BCUT2D eigenvalue weighted by atomic mass is 9.77. The number of hydrogen-bond acceptors (Lipinski definition) is 3. The molecule has 0 bridgehead atoms. The van der Waals surface area contributed by atoms with E-state index < -0.39 is 17.1 Å². The molecule has 3 fully saturated rings. The minimum atomic E-state index is -0.473. The highest BCUT2D eigenvalue weighted by Gasteiger charge is 2.50. The molecule has 5 nitrogen and oxygen atoms in total. The lowest BCUT2D eigenvalue weighted by molar-refractivity contribution is -0.146. The highest BCUT2D eigenvalue weighted by atomic mass is 16.2. The Labute approximate surface area is 167 Å². The van der Waals surface area contributed by atoms with Crippen LogP contribution >= 0.6 is 0 Å². The molecule has 4 rings (SSSR count). The van der Waals surface area contributed by atoms with Crippen LogP contribution < -0.4 is 0 Å². The summed E-state index contributed by atoms with van der Waals surface area (Å²) in [6, 6.07) is 8.70. The smallest absolute Gasteiger partial charge is 0.294 e. The number of hydrogen-bond donors (Lipinski definition) is 0. The normalized spacial score (nSPS) is 26.1. The number of carbonyl (C=O) groups is 3. The van der Waals surface area contributed by atoms with Crippen LogP contribution in [0.5, 0.6) is 0 Å². The summed E-state index contributed by atoms with van der Waals surface area (Å²) in [7, 11) is 0. The second-order valence-electron chi connectivity index (χ2n) is 8.81. The van der Waals surface area contributed by atoms with Crippen molar-refractivity contribution in [1.82, 2.24) is 9.80 Å². The summed E-state index contributed by atoms with van der Waals surface area (Å²) in [5, 5.41) is 0. The highest BCUT2D eigenvalue weighted by Crippen LogP contribution is 2.41. The average Bonchev–Trinajstić information content (AvgIpc) is 3.17. The number of benzene rings is 1. The molecule has 1 atom stereocenters. The second kappa shape index (κ2) is 8.06. The number of rotatable bonds is 4. The predicted octanol–water partition coefficient (Wildman–Crippen LogP) is 3.29. The van der Waals surface area contributed by atoms with Crippen LogP contribution in [0.1, 0.15) is 61.7 Å². The summed E-state index contributed by atoms with van der Waals surface area (Å²) < 4.78 is 0. The molecular formula is C23H30N2O3. The van der Waals surface area contributed by atoms with Crippen LogP contribution in [0.3, 0.4) is 0 Å². The van der Waals surface area contributed by atoms with Crippen molar-refractivity contribution in [2.45, 2.75) is 51.4 Å². The van der Waals surface area contributed by atoms with Gasteiger partial charge in [-0.2, -0.15) is 0 Å². The molecule has 0 N–H and O–H groups in total. The quantitative estimate of drug-likeness (QED) is 0.593. The molecule has 1 saturated carbocycles. The minimum absolute atomic E-state index is 0.215. The Morgan fingerprint density at radius 3 is 2.46 bits per heavy atom. The number of amides is 2. The van der Waals surface area contributed by atoms with E-state index in [2.05, 4.69) is 4.90 Å². The first-order valence-electron chi connectivity index (χ1n) is 10.8. The first kappa shape index (κ1) is 19.2. The first-order chi connectivity index (χ1) is 13.6. The molecule has 3 aliphatic rings. The number of Topliss-reactive ketones (excluding diaryl/α,β-unsaturated/α-hetero) is 1. The molecule has 1 spiro atoms. The van der Waals surface area contributed by atoms with Crippen LogP contribution in [0.25, 0.3) is 0 Å². The van der Waals surface area contributed by atoms with E-state index in [1.807, 2.05) is 6.07 Å². The SMILES string of the molecule is O=C(C(=O)N1CC[C@@]2(CCCN(CC3CCCCC3)C2=O)C1)c1ccccc1. The largest absolute Gasteiger partial charge is 0.342 e. The number of carbonyl (C=O) groups excluding carboxylic acids is 3. The third kappa shape index (κ3) is 3.71. The van der Waals surface area contributed by atoms with Gasteiger partial charge in [-0.25, -0.2) is 0 Å². The van der Waals surface area contributed by atoms with Crippen molar-refractivity contribution in [3.63, 3.8) is 0 Å². The van der Waals surface area contributed by atoms with E-state index in [0.717, 1.165) is 25.9 Å². The summed E-state index contributed by atoms with van der Waals surface area (Å²) in [5.41, 5.74) is -0.0538. The molecule has 1 aromatic rings. The van der Waals surface area contributed by atoms with Gasteiger partial charge in [0.2, 0.25) is 11.7 Å². The van der Waals surface area contributed by atoms with Crippen molar-refractivity contribution in [2.24, 2.45) is 11.3 Å². The third-order valence-electron chi connectivity index (χ3n) is 6.90. The van der Waals surface area contributed by atoms with E-state index >= 15 is 0 Å². The van der Waals surface area contributed by atoms with Gasteiger partial charge in [-0.15, -0.1) is 0 Å². The fourth-order valence-electron chi connectivity index (χ4n) is 5.29. The Bertz CT molecular complexity index is 741. The zero-order valence-electron chi connectivity index (χ0n) is 16.6. The zero-order valence-corrected chi connectivity index (χ0v) is 16.6. The van der Waals surface area contributed by atoms with E-state index in [-0.39, 0.29) is 5.91 Å². The van der Waals surface area contributed by atoms with Gasteiger partial charge in [0.15, 0.2) is 0 Å². The second-order valence-corrected chi connectivity index (χ2v) is 8.81. The van der Waals surface area contributed by atoms with E-state index in [1.54, 1.807) is 29.2 Å². The standard InChI is InChI=1S/C23H30N2O3/c26-20(19-10-5-2-6-11-19)21(27)25-15-13-23(17-25)12-7-14-24(22(23)28)16-18-8-3-1-4-9-18/h2,5-6,10-11,18H,1,3-4,7-9,12-17H2/t23-/m0/s1. The summed E-state index contributed by atoms with van der Waals surface area (Å²) >= 11 is 0. The van der Waals surface area contributed by atoms with E-state index in [4.69, 9.17) is 0 Å². The van der Waals surface area contributed by atoms with Crippen LogP contribution in [-0.4, -0.2) is 53.6 Å². The average molecular weight is 383 g/mol. The van der Waals surface area contributed by atoms with Crippen LogP contribution in [0, 0.1) is 11.3 Å². The van der Waals surface area contributed by atoms with Crippen LogP contribution in [0.15, 0.2) is 30.3 Å². The Morgan fingerprint density at radius 2 is 1.71 bits per heavy atom. The van der Waals surface area contributed by atoms with Gasteiger partial charge < -0.3 is 9.80 Å². The Morgan fingerprint density at radius 1 is 0.964 bits per heavy atom. The molecule has 2 aliphatic heterocycles. The van der Waals surface area contributed by atoms with Gasteiger partial charge in [-0.1, -0.05) is 49.6 Å². The van der Waals surface area contributed by atoms with Crippen LogP contribution in [-0.2, 0) is 9.59 Å². The monoisotopic (exact) mass is 382 g/mol. The molecule has 0 unspecified atom stereocenters.